The van der Waals surface area contributed by atoms with Gasteiger partial charge in [0.25, 0.3) is 0 Å². The Labute approximate surface area is 221 Å². The van der Waals surface area contributed by atoms with Crippen LogP contribution in [-0.4, -0.2) is 24.8 Å². The van der Waals surface area contributed by atoms with Crippen LogP contribution < -0.4 is 4.74 Å². The number of methoxy groups -OCH3 is 1. The molecule has 36 heavy (non-hydrogen) atoms. The Morgan fingerprint density at radius 2 is 1.17 bits per heavy atom. The molecule has 0 aliphatic heterocycles. The van der Waals surface area contributed by atoms with E-state index in [1.807, 2.05) is 0 Å². The Hall–Kier alpha value is -1.97. The molecule has 0 aromatic heterocycles. The molecule has 0 spiro atoms. The normalized spacial score (nSPS) is 11.3. The molecule has 0 radical (unpaired) electrons. The number of esters is 1. The van der Waals surface area contributed by atoms with E-state index in [2.05, 4.69) is 6.92 Å². The van der Waals surface area contributed by atoms with Gasteiger partial charge in [-0.1, -0.05) is 135 Å². The maximum Gasteiger partial charge on any atom is 0.330 e. The standard InChI is InChI=1S/C32H54O4/c1-3-4-5-6-7-8-9-10-11-12-13-14-15-16-17-18-19-20-21-22-27-36-32(34)26-24-29-23-25-31(35-2)30(33)28-29/h23-26,28,33H,3-22,27H2,1-2H3. The SMILES string of the molecule is CCCCCCCCCCCCCCCCCCCCCCOC(=O)C=Cc1ccc(OC)c(O)c1. The molecule has 0 bridgehead atoms. The number of carbonyl (C=O) groups is 1. The van der Waals surface area contributed by atoms with Gasteiger partial charge in [0.05, 0.1) is 13.7 Å². The quantitative estimate of drug-likeness (QED) is 0.0868. The van der Waals surface area contributed by atoms with Gasteiger partial charge in [-0.25, -0.2) is 4.79 Å². The van der Waals surface area contributed by atoms with Crippen LogP contribution in [0.4, 0.5) is 0 Å². The lowest BCUT2D eigenvalue weighted by Gasteiger charge is -2.05. The molecule has 0 heterocycles. The summed E-state index contributed by atoms with van der Waals surface area (Å²) in [6, 6.07) is 5.00. The summed E-state index contributed by atoms with van der Waals surface area (Å²) in [6.45, 7) is 2.75. The first-order chi connectivity index (χ1) is 17.7. The van der Waals surface area contributed by atoms with Gasteiger partial charge in [-0.3, -0.25) is 0 Å². The summed E-state index contributed by atoms with van der Waals surface area (Å²) in [6.07, 6.45) is 30.2. The smallest absolute Gasteiger partial charge is 0.330 e. The summed E-state index contributed by atoms with van der Waals surface area (Å²) in [4.78, 5) is 11.8. The molecular weight excluding hydrogens is 448 g/mol. The maximum atomic E-state index is 11.8. The first-order valence-electron chi connectivity index (χ1n) is 14.9. The molecule has 4 heteroatoms. The third kappa shape index (κ3) is 18.3. The number of unbranched alkanes of at least 4 members (excludes halogenated alkanes) is 19. The molecule has 0 fully saturated rings. The van der Waals surface area contributed by atoms with Crippen molar-refractivity contribution in [1.82, 2.24) is 0 Å². The summed E-state index contributed by atoms with van der Waals surface area (Å²) in [5, 5.41) is 9.77. The van der Waals surface area contributed by atoms with Crippen molar-refractivity contribution in [1.29, 1.82) is 0 Å². The second-order valence-electron chi connectivity index (χ2n) is 10.1. The highest BCUT2D eigenvalue weighted by Gasteiger charge is 2.02. The van der Waals surface area contributed by atoms with Crippen molar-refractivity contribution in [2.75, 3.05) is 13.7 Å². The van der Waals surface area contributed by atoms with Gasteiger partial charge in [0.15, 0.2) is 11.5 Å². The Morgan fingerprint density at radius 3 is 1.58 bits per heavy atom. The molecule has 4 nitrogen and oxygen atoms in total. The molecule has 0 unspecified atom stereocenters. The minimum atomic E-state index is -0.344. The topological polar surface area (TPSA) is 55.8 Å². The Balaban J connectivity index is 1.81. The summed E-state index contributed by atoms with van der Waals surface area (Å²) in [5.74, 6) is 0.120. The summed E-state index contributed by atoms with van der Waals surface area (Å²) >= 11 is 0. The first kappa shape index (κ1) is 32.1. The highest BCUT2D eigenvalue weighted by Crippen LogP contribution is 2.26. The van der Waals surface area contributed by atoms with Crippen molar-refractivity contribution in [3.05, 3.63) is 29.8 Å². The van der Waals surface area contributed by atoms with Gasteiger partial charge in [0, 0.05) is 6.08 Å². The molecular formula is C32H54O4. The van der Waals surface area contributed by atoms with E-state index in [0.717, 1.165) is 18.4 Å². The predicted octanol–water partition coefficient (Wildman–Crippen LogP) is 9.78. The van der Waals surface area contributed by atoms with E-state index in [4.69, 9.17) is 9.47 Å². The fraction of sp³-hybridized carbons (Fsp3) is 0.719. The van der Waals surface area contributed by atoms with Gasteiger partial charge in [-0.2, -0.15) is 0 Å². The van der Waals surface area contributed by atoms with Crippen LogP contribution in [-0.2, 0) is 9.53 Å². The number of benzene rings is 1. The van der Waals surface area contributed by atoms with Crippen LogP contribution in [0.5, 0.6) is 11.5 Å². The van der Waals surface area contributed by atoms with Gasteiger partial charge in [0.1, 0.15) is 0 Å². The van der Waals surface area contributed by atoms with Gasteiger partial charge >= 0.3 is 5.97 Å². The average molecular weight is 503 g/mol. The number of phenols is 1. The number of rotatable bonds is 24. The largest absolute Gasteiger partial charge is 0.504 e. The Bertz CT molecular complexity index is 683. The third-order valence-electron chi connectivity index (χ3n) is 6.86. The lowest BCUT2D eigenvalue weighted by molar-refractivity contribution is -0.137. The second kappa shape index (κ2) is 23.4. The van der Waals surface area contributed by atoms with Gasteiger partial charge in [0.2, 0.25) is 0 Å². The molecule has 0 aliphatic carbocycles. The highest BCUT2D eigenvalue weighted by molar-refractivity contribution is 5.87. The van der Waals surface area contributed by atoms with Crippen LogP contribution >= 0.6 is 0 Å². The van der Waals surface area contributed by atoms with Crippen LogP contribution in [0.3, 0.4) is 0 Å². The number of carbonyl (C=O) groups excluding carboxylic acids is 1. The third-order valence-corrected chi connectivity index (χ3v) is 6.86. The Kier molecular flexibility index (Phi) is 20.9. The van der Waals surface area contributed by atoms with Crippen LogP contribution in [0.25, 0.3) is 6.08 Å². The lowest BCUT2D eigenvalue weighted by atomic mass is 10.0. The minimum absolute atomic E-state index is 0.0531. The number of aromatic hydroxyl groups is 1. The van der Waals surface area contributed by atoms with E-state index in [9.17, 15) is 9.90 Å². The molecule has 0 saturated heterocycles. The van der Waals surface area contributed by atoms with Gasteiger partial charge < -0.3 is 14.6 Å². The first-order valence-corrected chi connectivity index (χ1v) is 14.9. The summed E-state index contributed by atoms with van der Waals surface area (Å²) in [5.41, 5.74) is 0.726. The maximum absolute atomic E-state index is 11.8. The summed E-state index contributed by atoms with van der Waals surface area (Å²) in [7, 11) is 1.50. The van der Waals surface area contributed by atoms with E-state index in [0.29, 0.717) is 12.4 Å². The van der Waals surface area contributed by atoms with Crippen LogP contribution in [0, 0.1) is 0 Å². The number of hydrogen-bond donors (Lipinski definition) is 1. The van der Waals surface area contributed by atoms with Crippen molar-refractivity contribution in [2.24, 2.45) is 0 Å². The summed E-state index contributed by atoms with van der Waals surface area (Å²) < 4.78 is 10.3. The minimum Gasteiger partial charge on any atom is -0.504 e. The van der Waals surface area contributed by atoms with Crippen molar-refractivity contribution in [3.8, 4) is 11.5 Å². The zero-order chi connectivity index (χ0) is 26.1. The average Bonchev–Trinajstić information content (AvgIpc) is 2.88. The van der Waals surface area contributed by atoms with Crippen molar-refractivity contribution in [2.45, 2.75) is 135 Å². The molecule has 0 atom stereocenters. The fourth-order valence-corrected chi connectivity index (χ4v) is 4.55. The molecule has 206 valence electrons. The van der Waals surface area contributed by atoms with E-state index < -0.39 is 0 Å². The zero-order valence-electron chi connectivity index (χ0n) is 23.4. The molecule has 1 rings (SSSR count). The van der Waals surface area contributed by atoms with Crippen LogP contribution in [0.1, 0.15) is 141 Å². The molecule has 0 saturated carbocycles. The van der Waals surface area contributed by atoms with Crippen molar-refractivity contribution < 1.29 is 19.4 Å². The second-order valence-corrected chi connectivity index (χ2v) is 10.1. The molecule has 1 aromatic rings. The van der Waals surface area contributed by atoms with Gasteiger partial charge in [-0.15, -0.1) is 0 Å². The molecule has 0 amide bonds. The van der Waals surface area contributed by atoms with E-state index >= 15 is 0 Å². The number of hydrogen-bond acceptors (Lipinski definition) is 4. The molecule has 1 N–H and O–H groups in total. The fourth-order valence-electron chi connectivity index (χ4n) is 4.55. The van der Waals surface area contributed by atoms with Crippen LogP contribution in [0.15, 0.2) is 24.3 Å². The molecule has 1 aromatic carbocycles. The van der Waals surface area contributed by atoms with Gasteiger partial charge in [-0.05, 0) is 30.2 Å². The van der Waals surface area contributed by atoms with Crippen molar-refractivity contribution in [3.63, 3.8) is 0 Å². The zero-order valence-corrected chi connectivity index (χ0v) is 23.4. The predicted molar refractivity (Wildman–Crippen MR) is 153 cm³/mol. The van der Waals surface area contributed by atoms with E-state index in [-0.39, 0.29) is 11.7 Å². The number of phenolic OH excluding ortho intramolecular Hbond substituents is 1. The Morgan fingerprint density at radius 1 is 0.722 bits per heavy atom. The number of ether oxygens (including phenoxy) is 2. The monoisotopic (exact) mass is 502 g/mol. The van der Waals surface area contributed by atoms with E-state index in [1.165, 1.54) is 129 Å². The van der Waals surface area contributed by atoms with Crippen molar-refractivity contribution >= 4 is 12.0 Å². The lowest BCUT2D eigenvalue weighted by Crippen LogP contribution is -2.02. The molecule has 0 aliphatic rings. The van der Waals surface area contributed by atoms with Crippen LogP contribution in [0.2, 0.25) is 0 Å². The van der Waals surface area contributed by atoms with E-state index in [1.54, 1.807) is 24.3 Å². The highest BCUT2D eigenvalue weighted by atomic mass is 16.5.